The average Bonchev–Trinajstić information content (AvgIpc) is 2.74. The van der Waals surface area contributed by atoms with Gasteiger partial charge in [-0.25, -0.2) is 0 Å². The van der Waals surface area contributed by atoms with Gasteiger partial charge in [0.15, 0.2) is 0 Å². The number of amides is 1. The van der Waals surface area contributed by atoms with Crippen LogP contribution >= 0.6 is 0 Å². The SMILES string of the molecule is C=C(O)/C=C\C(=C1\C=CC(=O)NC1)[C@@H](O)CNC(C)Cc1cc(CC)c(CC)cc1C. The van der Waals surface area contributed by atoms with Gasteiger partial charge in [-0.05, 0) is 72.6 Å². The maximum absolute atomic E-state index is 11.4. The minimum absolute atomic E-state index is 0.0896. The number of nitrogens with one attached hydrogen (secondary N) is 2. The van der Waals surface area contributed by atoms with Gasteiger partial charge in [0.25, 0.3) is 0 Å². The van der Waals surface area contributed by atoms with E-state index < -0.39 is 6.10 Å². The Morgan fingerprint density at radius 2 is 1.87 bits per heavy atom. The molecular formula is C26H36N2O3. The van der Waals surface area contributed by atoms with Gasteiger partial charge in [0.1, 0.15) is 5.76 Å². The van der Waals surface area contributed by atoms with E-state index in [-0.39, 0.29) is 17.7 Å². The Morgan fingerprint density at radius 3 is 2.45 bits per heavy atom. The number of benzene rings is 1. The summed E-state index contributed by atoms with van der Waals surface area (Å²) >= 11 is 0. The second-order valence-electron chi connectivity index (χ2n) is 8.14. The Labute approximate surface area is 186 Å². The number of aliphatic hydroxyl groups excluding tert-OH is 2. The number of aliphatic hydroxyl groups is 2. The third-order valence-electron chi connectivity index (χ3n) is 5.68. The van der Waals surface area contributed by atoms with Gasteiger partial charge in [-0.1, -0.05) is 44.7 Å². The van der Waals surface area contributed by atoms with Crippen LogP contribution in [0.15, 0.2) is 59.9 Å². The summed E-state index contributed by atoms with van der Waals surface area (Å²) in [7, 11) is 0. The highest BCUT2D eigenvalue weighted by Gasteiger charge is 2.17. The van der Waals surface area contributed by atoms with E-state index in [0.29, 0.717) is 18.7 Å². The summed E-state index contributed by atoms with van der Waals surface area (Å²) < 4.78 is 0. The molecule has 168 valence electrons. The zero-order valence-corrected chi connectivity index (χ0v) is 19.2. The van der Waals surface area contributed by atoms with Crippen molar-refractivity contribution in [2.75, 3.05) is 13.1 Å². The van der Waals surface area contributed by atoms with Gasteiger partial charge >= 0.3 is 0 Å². The van der Waals surface area contributed by atoms with Gasteiger partial charge in [-0.3, -0.25) is 4.79 Å². The molecule has 1 amide bonds. The lowest BCUT2D eigenvalue weighted by Gasteiger charge is -2.22. The van der Waals surface area contributed by atoms with Crippen LogP contribution in [0.25, 0.3) is 0 Å². The quantitative estimate of drug-likeness (QED) is 0.342. The molecule has 1 aliphatic rings. The van der Waals surface area contributed by atoms with Crippen LogP contribution in [0, 0.1) is 6.92 Å². The molecule has 1 aliphatic heterocycles. The van der Waals surface area contributed by atoms with E-state index in [4.69, 9.17) is 0 Å². The average molecular weight is 425 g/mol. The lowest BCUT2D eigenvalue weighted by Crippen LogP contribution is -2.37. The summed E-state index contributed by atoms with van der Waals surface area (Å²) in [5.74, 6) is -0.246. The second-order valence-corrected chi connectivity index (χ2v) is 8.14. The number of aryl methyl sites for hydroxylation is 3. The van der Waals surface area contributed by atoms with E-state index in [1.807, 2.05) is 0 Å². The summed E-state index contributed by atoms with van der Waals surface area (Å²) in [6, 6.07) is 4.80. The third kappa shape index (κ3) is 7.23. The van der Waals surface area contributed by atoms with E-state index in [1.54, 1.807) is 12.2 Å². The number of carbonyl (C=O) groups excluding carboxylic acids is 1. The first-order valence-electron chi connectivity index (χ1n) is 11.0. The highest BCUT2D eigenvalue weighted by Crippen LogP contribution is 2.20. The minimum atomic E-state index is -0.789. The van der Waals surface area contributed by atoms with Crippen LogP contribution in [0.3, 0.4) is 0 Å². The third-order valence-corrected chi connectivity index (χ3v) is 5.68. The maximum atomic E-state index is 11.4. The Bertz CT molecular complexity index is 896. The number of allylic oxidation sites excluding steroid dienone is 1. The standard InChI is InChI=1S/C26H36N2O3/c1-6-20-12-17(3)23(14-21(20)7-2)13-18(4)27-16-25(30)24(10-8-19(5)29)22-9-11-26(31)28-15-22/h8-12,14,18,25,27,29-30H,5-7,13,15-16H2,1-4H3,(H,28,31)/b10-8-,24-22+/t18?,25-/m0/s1. The fraction of sp³-hybridized carbons (Fsp3) is 0.423. The molecular weight excluding hydrogens is 388 g/mol. The highest BCUT2D eigenvalue weighted by molar-refractivity contribution is 5.89. The first-order chi connectivity index (χ1) is 14.7. The van der Waals surface area contributed by atoms with Crippen molar-refractivity contribution in [3.05, 3.63) is 82.2 Å². The molecule has 2 atom stereocenters. The van der Waals surface area contributed by atoms with Crippen LogP contribution in [0.1, 0.15) is 43.0 Å². The molecule has 1 aromatic carbocycles. The molecule has 1 heterocycles. The molecule has 1 aromatic rings. The van der Waals surface area contributed by atoms with E-state index in [1.165, 1.54) is 34.4 Å². The summed E-state index contributed by atoms with van der Waals surface area (Å²) in [6.45, 7) is 12.8. The van der Waals surface area contributed by atoms with Gasteiger partial charge in [-0.2, -0.15) is 0 Å². The van der Waals surface area contributed by atoms with Crippen LogP contribution in [0.5, 0.6) is 0 Å². The minimum Gasteiger partial charge on any atom is -0.509 e. The number of carbonyl (C=O) groups is 1. The Kier molecular flexibility index (Phi) is 9.28. The van der Waals surface area contributed by atoms with E-state index in [9.17, 15) is 15.0 Å². The number of hydrogen-bond acceptors (Lipinski definition) is 4. The van der Waals surface area contributed by atoms with Crippen molar-refractivity contribution in [1.29, 1.82) is 0 Å². The van der Waals surface area contributed by atoms with Crippen molar-refractivity contribution in [3.63, 3.8) is 0 Å². The zero-order chi connectivity index (χ0) is 23.0. The topological polar surface area (TPSA) is 81.6 Å². The monoisotopic (exact) mass is 424 g/mol. The normalized spacial score (nSPS) is 17.5. The van der Waals surface area contributed by atoms with Crippen LogP contribution < -0.4 is 10.6 Å². The van der Waals surface area contributed by atoms with E-state index in [0.717, 1.165) is 24.8 Å². The van der Waals surface area contributed by atoms with Gasteiger partial charge in [0.05, 0.1) is 6.10 Å². The molecule has 0 fully saturated rings. The number of hydrogen-bond donors (Lipinski definition) is 4. The molecule has 0 aromatic heterocycles. The van der Waals surface area contributed by atoms with Crippen LogP contribution in [0.2, 0.25) is 0 Å². The predicted molar refractivity (Wildman–Crippen MR) is 127 cm³/mol. The zero-order valence-electron chi connectivity index (χ0n) is 19.2. The molecule has 5 heteroatoms. The molecule has 2 rings (SSSR count). The van der Waals surface area contributed by atoms with Crippen molar-refractivity contribution in [2.24, 2.45) is 0 Å². The fourth-order valence-electron chi connectivity index (χ4n) is 3.86. The lowest BCUT2D eigenvalue weighted by molar-refractivity contribution is -0.116. The van der Waals surface area contributed by atoms with Gasteiger partial charge < -0.3 is 20.8 Å². The lowest BCUT2D eigenvalue weighted by atomic mass is 9.93. The van der Waals surface area contributed by atoms with Gasteiger partial charge in [0, 0.05) is 25.2 Å². The molecule has 1 unspecified atom stereocenters. The molecule has 4 N–H and O–H groups in total. The van der Waals surface area contributed by atoms with Crippen LogP contribution in [-0.2, 0) is 24.1 Å². The smallest absolute Gasteiger partial charge is 0.244 e. The first kappa shape index (κ1) is 24.6. The molecule has 0 aliphatic carbocycles. The van der Waals surface area contributed by atoms with E-state index >= 15 is 0 Å². The summed E-state index contributed by atoms with van der Waals surface area (Å²) in [5.41, 5.74) is 6.90. The van der Waals surface area contributed by atoms with Gasteiger partial charge in [0.2, 0.25) is 5.91 Å². The van der Waals surface area contributed by atoms with Crippen molar-refractivity contribution in [1.82, 2.24) is 10.6 Å². The van der Waals surface area contributed by atoms with Crippen molar-refractivity contribution in [2.45, 2.75) is 59.1 Å². The maximum Gasteiger partial charge on any atom is 0.244 e. The van der Waals surface area contributed by atoms with Crippen LogP contribution in [0.4, 0.5) is 0 Å². The van der Waals surface area contributed by atoms with Crippen molar-refractivity contribution < 1.29 is 15.0 Å². The summed E-state index contributed by atoms with van der Waals surface area (Å²) in [4.78, 5) is 11.4. The Morgan fingerprint density at radius 1 is 1.19 bits per heavy atom. The van der Waals surface area contributed by atoms with Crippen molar-refractivity contribution >= 4 is 5.91 Å². The molecule has 0 spiro atoms. The fourth-order valence-corrected chi connectivity index (χ4v) is 3.86. The van der Waals surface area contributed by atoms with Gasteiger partial charge in [-0.15, -0.1) is 0 Å². The molecule has 0 radical (unpaired) electrons. The molecule has 0 saturated heterocycles. The number of rotatable bonds is 10. The van der Waals surface area contributed by atoms with E-state index in [2.05, 4.69) is 57.0 Å². The first-order valence-corrected chi connectivity index (χ1v) is 11.0. The molecule has 5 nitrogen and oxygen atoms in total. The highest BCUT2D eigenvalue weighted by atomic mass is 16.3. The second kappa shape index (κ2) is 11.7. The molecule has 0 saturated carbocycles. The van der Waals surface area contributed by atoms with Crippen molar-refractivity contribution in [3.8, 4) is 0 Å². The molecule has 31 heavy (non-hydrogen) atoms. The largest absolute Gasteiger partial charge is 0.509 e. The molecule has 0 bridgehead atoms. The summed E-state index contributed by atoms with van der Waals surface area (Å²) in [5, 5.41) is 26.4. The predicted octanol–water partition coefficient (Wildman–Crippen LogP) is 3.61. The summed E-state index contributed by atoms with van der Waals surface area (Å²) in [6.07, 6.45) is 8.41. The Hall–Kier alpha value is -2.63. The Balaban J connectivity index is 2.09. The van der Waals surface area contributed by atoms with Crippen LogP contribution in [-0.4, -0.2) is 41.4 Å².